The Balaban J connectivity index is 1.76. The van der Waals surface area contributed by atoms with Crippen molar-refractivity contribution in [2.24, 2.45) is 0 Å². The van der Waals surface area contributed by atoms with Crippen molar-refractivity contribution in [3.05, 3.63) is 59.4 Å². The third-order valence-electron chi connectivity index (χ3n) is 3.53. The number of pyridine rings is 1. The Kier molecular flexibility index (Phi) is 3.20. The van der Waals surface area contributed by atoms with Gasteiger partial charge in [-0.3, -0.25) is 0 Å². The molecule has 3 rings (SSSR count). The summed E-state index contributed by atoms with van der Waals surface area (Å²) in [7, 11) is 0. The van der Waals surface area contributed by atoms with E-state index in [1.807, 2.05) is 12.1 Å². The number of benzene rings is 1. The lowest BCUT2D eigenvalue weighted by Gasteiger charge is -2.18. The zero-order chi connectivity index (χ0) is 12.4. The van der Waals surface area contributed by atoms with Gasteiger partial charge in [0, 0.05) is 30.9 Å². The largest absolute Gasteiger partial charge is 0.371 e. The Morgan fingerprint density at radius 1 is 1.17 bits per heavy atom. The maximum Gasteiger partial charge on any atom is 0.131 e. The Morgan fingerprint density at radius 2 is 2.00 bits per heavy atom. The average molecular weight is 259 g/mol. The van der Waals surface area contributed by atoms with Gasteiger partial charge in [0.1, 0.15) is 5.15 Å². The highest BCUT2D eigenvalue weighted by Gasteiger charge is 2.23. The van der Waals surface area contributed by atoms with E-state index in [1.54, 1.807) is 6.20 Å². The molecule has 2 nitrogen and oxygen atoms in total. The molecule has 1 atom stereocenters. The number of anilines is 1. The first-order chi connectivity index (χ1) is 8.83. The summed E-state index contributed by atoms with van der Waals surface area (Å²) in [6.07, 6.45) is 2.97. The lowest BCUT2D eigenvalue weighted by atomic mass is 9.99. The van der Waals surface area contributed by atoms with Gasteiger partial charge < -0.3 is 4.90 Å². The van der Waals surface area contributed by atoms with Crippen molar-refractivity contribution in [2.45, 2.75) is 12.3 Å². The summed E-state index contributed by atoms with van der Waals surface area (Å²) in [5.74, 6) is 0.623. The highest BCUT2D eigenvalue weighted by molar-refractivity contribution is 6.29. The molecule has 0 radical (unpaired) electrons. The standard InChI is InChI=1S/C15H15ClN2/c16-15-10-14(6-8-17-15)18-9-7-13(11-18)12-4-2-1-3-5-12/h1-6,8,10,13H,7,9,11H2. The Labute approximate surface area is 112 Å². The van der Waals surface area contributed by atoms with Crippen LogP contribution in [0.25, 0.3) is 0 Å². The number of halogens is 1. The van der Waals surface area contributed by atoms with E-state index in [9.17, 15) is 0 Å². The van der Waals surface area contributed by atoms with Crippen molar-refractivity contribution in [2.75, 3.05) is 18.0 Å². The van der Waals surface area contributed by atoms with E-state index >= 15 is 0 Å². The molecule has 0 N–H and O–H groups in total. The number of hydrogen-bond donors (Lipinski definition) is 0. The van der Waals surface area contributed by atoms with Crippen LogP contribution in [0.1, 0.15) is 17.9 Å². The van der Waals surface area contributed by atoms with Gasteiger partial charge in [0.2, 0.25) is 0 Å². The Hall–Kier alpha value is -1.54. The molecule has 1 aliphatic rings. The number of nitrogens with zero attached hydrogens (tertiary/aromatic N) is 2. The van der Waals surface area contributed by atoms with Crippen LogP contribution in [0.3, 0.4) is 0 Å². The minimum absolute atomic E-state index is 0.565. The van der Waals surface area contributed by atoms with Crippen molar-refractivity contribution < 1.29 is 0 Å². The molecule has 1 unspecified atom stereocenters. The van der Waals surface area contributed by atoms with Crippen LogP contribution in [0.15, 0.2) is 48.7 Å². The summed E-state index contributed by atoms with van der Waals surface area (Å²) in [5, 5.41) is 0.565. The summed E-state index contributed by atoms with van der Waals surface area (Å²) in [5.41, 5.74) is 2.61. The average Bonchev–Trinajstić information content (AvgIpc) is 2.89. The highest BCUT2D eigenvalue weighted by Crippen LogP contribution is 2.30. The quantitative estimate of drug-likeness (QED) is 0.763. The molecule has 3 heteroatoms. The van der Waals surface area contributed by atoms with Crippen LogP contribution >= 0.6 is 11.6 Å². The monoisotopic (exact) mass is 258 g/mol. The Morgan fingerprint density at radius 3 is 2.78 bits per heavy atom. The van der Waals surface area contributed by atoms with Gasteiger partial charge in [-0.05, 0) is 24.1 Å². The third kappa shape index (κ3) is 2.34. The van der Waals surface area contributed by atoms with Crippen molar-refractivity contribution in [1.82, 2.24) is 4.98 Å². The van der Waals surface area contributed by atoms with Gasteiger partial charge in [-0.15, -0.1) is 0 Å². The van der Waals surface area contributed by atoms with Gasteiger partial charge in [-0.25, -0.2) is 4.98 Å². The fourth-order valence-electron chi connectivity index (χ4n) is 2.58. The van der Waals surface area contributed by atoms with Crippen LogP contribution in [0, 0.1) is 0 Å². The van der Waals surface area contributed by atoms with E-state index in [0.717, 1.165) is 13.1 Å². The fourth-order valence-corrected chi connectivity index (χ4v) is 2.75. The maximum absolute atomic E-state index is 5.94. The SMILES string of the molecule is Clc1cc(N2CCC(c3ccccc3)C2)ccn1. The van der Waals surface area contributed by atoms with E-state index in [4.69, 9.17) is 11.6 Å². The molecule has 1 aromatic heterocycles. The molecule has 92 valence electrons. The van der Waals surface area contributed by atoms with E-state index in [2.05, 4.69) is 40.2 Å². The maximum atomic E-state index is 5.94. The third-order valence-corrected chi connectivity index (χ3v) is 3.74. The van der Waals surface area contributed by atoms with E-state index < -0.39 is 0 Å². The van der Waals surface area contributed by atoms with Crippen molar-refractivity contribution in [3.8, 4) is 0 Å². The lowest BCUT2D eigenvalue weighted by molar-refractivity contribution is 0.775. The molecule has 0 amide bonds. The molecule has 0 saturated carbocycles. The first-order valence-electron chi connectivity index (χ1n) is 6.24. The highest BCUT2D eigenvalue weighted by atomic mass is 35.5. The van der Waals surface area contributed by atoms with Gasteiger partial charge in [-0.2, -0.15) is 0 Å². The summed E-state index contributed by atoms with van der Waals surface area (Å²) in [4.78, 5) is 6.41. The molecule has 1 aromatic carbocycles. The van der Waals surface area contributed by atoms with Crippen LogP contribution < -0.4 is 4.90 Å². The minimum atomic E-state index is 0.565. The van der Waals surface area contributed by atoms with E-state index in [-0.39, 0.29) is 0 Å². The van der Waals surface area contributed by atoms with Gasteiger partial charge in [0.15, 0.2) is 0 Å². The normalized spacial score (nSPS) is 19.2. The number of hydrogen-bond acceptors (Lipinski definition) is 2. The lowest BCUT2D eigenvalue weighted by Crippen LogP contribution is -2.19. The molecule has 0 bridgehead atoms. The predicted molar refractivity (Wildman–Crippen MR) is 75.3 cm³/mol. The molecule has 18 heavy (non-hydrogen) atoms. The molecule has 1 saturated heterocycles. The first kappa shape index (κ1) is 11.5. The van der Waals surface area contributed by atoms with Crippen molar-refractivity contribution in [1.29, 1.82) is 0 Å². The molecule has 2 aromatic rings. The molecule has 0 spiro atoms. The van der Waals surface area contributed by atoms with Crippen LogP contribution in [0.2, 0.25) is 5.15 Å². The second kappa shape index (κ2) is 4.99. The van der Waals surface area contributed by atoms with Crippen molar-refractivity contribution in [3.63, 3.8) is 0 Å². The van der Waals surface area contributed by atoms with Gasteiger partial charge in [-0.1, -0.05) is 41.9 Å². The van der Waals surface area contributed by atoms with Crippen LogP contribution in [-0.4, -0.2) is 18.1 Å². The molecule has 0 aliphatic carbocycles. The summed E-state index contributed by atoms with van der Waals surface area (Å²) >= 11 is 5.94. The van der Waals surface area contributed by atoms with Gasteiger partial charge in [0.05, 0.1) is 0 Å². The van der Waals surface area contributed by atoms with Crippen LogP contribution in [0.5, 0.6) is 0 Å². The van der Waals surface area contributed by atoms with Crippen LogP contribution in [0.4, 0.5) is 5.69 Å². The molecule has 2 heterocycles. The minimum Gasteiger partial charge on any atom is -0.371 e. The summed E-state index contributed by atoms with van der Waals surface area (Å²) < 4.78 is 0. The van der Waals surface area contributed by atoms with E-state index in [0.29, 0.717) is 11.1 Å². The zero-order valence-corrected chi connectivity index (χ0v) is 10.8. The molecule has 1 fully saturated rings. The van der Waals surface area contributed by atoms with Gasteiger partial charge >= 0.3 is 0 Å². The zero-order valence-electron chi connectivity index (χ0n) is 10.1. The van der Waals surface area contributed by atoms with Gasteiger partial charge in [0.25, 0.3) is 0 Å². The second-order valence-electron chi connectivity index (χ2n) is 4.68. The fraction of sp³-hybridized carbons (Fsp3) is 0.267. The van der Waals surface area contributed by atoms with E-state index in [1.165, 1.54) is 17.7 Å². The second-order valence-corrected chi connectivity index (χ2v) is 5.07. The molecule has 1 aliphatic heterocycles. The first-order valence-corrected chi connectivity index (χ1v) is 6.62. The topological polar surface area (TPSA) is 16.1 Å². The Bertz CT molecular complexity index is 527. The van der Waals surface area contributed by atoms with Crippen molar-refractivity contribution >= 4 is 17.3 Å². The number of rotatable bonds is 2. The summed E-state index contributed by atoms with van der Waals surface area (Å²) in [6.45, 7) is 2.14. The molecular weight excluding hydrogens is 244 g/mol. The molecular formula is C15H15ClN2. The smallest absolute Gasteiger partial charge is 0.131 e. The summed E-state index contributed by atoms with van der Waals surface area (Å²) in [6, 6.07) is 14.7. The predicted octanol–water partition coefficient (Wildman–Crippen LogP) is 3.73. The van der Waals surface area contributed by atoms with Crippen LogP contribution in [-0.2, 0) is 0 Å². The number of aromatic nitrogens is 1.